The van der Waals surface area contributed by atoms with Gasteiger partial charge in [-0.05, 0) is 36.8 Å². The first kappa shape index (κ1) is 17.0. The second-order valence-electron chi connectivity index (χ2n) is 6.59. The number of para-hydroxylation sites is 2. The number of hydrogen-bond acceptors (Lipinski definition) is 2. The Morgan fingerprint density at radius 1 is 0.923 bits per heavy atom. The molecule has 4 aromatic rings. The number of nitrogens with zero attached hydrogens (tertiary/aromatic N) is 1. The number of nitrogens with one attached hydrogen (secondary N) is 1. The Kier molecular flexibility index (Phi) is 4.58. The smallest absolute Gasteiger partial charge is 0.0891 e. The predicted octanol–water partition coefficient (Wildman–Crippen LogP) is 5.23. The van der Waals surface area contributed by atoms with Gasteiger partial charge in [0.05, 0.1) is 12.6 Å². The molecule has 0 saturated heterocycles. The zero-order valence-electron chi connectivity index (χ0n) is 14.6. The molecule has 4 heteroatoms. The molecule has 0 aliphatic carbocycles. The average molecular weight is 365 g/mol. The first-order valence-corrected chi connectivity index (χ1v) is 9.16. The molecule has 0 saturated carbocycles. The Bertz CT molecular complexity index is 1020. The summed E-state index contributed by atoms with van der Waals surface area (Å²) in [4.78, 5) is 0. The van der Waals surface area contributed by atoms with Crippen molar-refractivity contribution in [2.75, 3.05) is 11.9 Å². The highest BCUT2D eigenvalue weighted by Crippen LogP contribution is 2.29. The molecule has 4 rings (SSSR count). The average Bonchev–Trinajstić information content (AvgIpc) is 2.97. The van der Waals surface area contributed by atoms with Gasteiger partial charge in [0.25, 0.3) is 0 Å². The van der Waals surface area contributed by atoms with Crippen LogP contribution in [0.4, 0.5) is 5.69 Å². The first-order valence-electron chi connectivity index (χ1n) is 8.78. The third-order valence-corrected chi connectivity index (χ3v) is 5.28. The van der Waals surface area contributed by atoms with Crippen LogP contribution in [0.3, 0.4) is 0 Å². The molecule has 26 heavy (non-hydrogen) atoms. The normalized spacial score (nSPS) is 12.6. The van der Waals surface area contributed by atoms with Crippen molar-refractivity contribution in [3.05, 3.63) is 77.3 Å². The molecule has 3 nitrogen and oxygen atoms in total. The summed E-state index contributed by atoms with van der Waals surface area (Å²) in [5.41, 5.74) is 4.25. The van der Waals surface area contributed by atoms with Crippen molar-refractivity contribution in [3.63, 3.8) is 0 Å². The number of halogens is 1. The molecule has 0 amide bonds. The fourth-order valence-corrected chi connectivity index (χ4v) is 3.68. The van der Waals surface area contributed by atoms with Crippen molar-refractivity contribution in [1.82, 2.24) is 4.57 Å². The topological polar surface area (TPSA) is 37.2 Å². The maximum absolute atomic E-state index is 10.6. The highest BCUT2D eigenvalue weighted by atomic mass is 35.5. The third kappa shape index (κ3) is 3.05. The van der Waals surface area contributed by atoms with Crippen LogP contribution in [-0.2, 0) is 6.54 Å². The van der Waals surface area contributed by atoms with Crippen LogP contribution in [0.25, 0.3) is 21.8 Å². The van der Waals surface area contributed by atoms with Gasteiger partial charge in [-0.1, -0.05) is 54.1 Å². The molecule has 2 N–H and O–H groups in total. The Morgan fingerprint density at radius 2 is 1.54 bits per heavy atom. The van der Waals surface area contributed by atoms with Crippen LogP contribution in [0, 0.1) is 6.92 Å². The van der Waals surface area contributed by atoms with Crippen molar-refractivity contribution in [2.45, 2.75) is 19.6 Å². The summed E-state index contributed by atoms with van der Waals surface area (Å²) in [6.07, 6.45) is -0.521. The van der Waals surface area contributed by atoms with E-state index < -0.39 is 6.10 Å². The highest BCUT2D eigenvalue weighted by molar-refractivity contribution is 6.31. The van der Waals surface area contributed by atoms with Crippen molar-refractivity contribution in [3.8, 4) is 0 Å². The van der Waals surface area contributed by atoms with Gasteiger partial charge in [0.2, 0.25) is 0 Å². The summed E-state index contributed by atoms with van der Waals surface area (Å²) in [5, 5.41) is 17.1. The fourth-order valence-electron chi connectivity index (χ4n) is 3.50. The summed E-state index contributed by atoms with van der Waals surface area (Å²) in [5.74, 6) is 0. The molecule has 132 valence electrons. The van der Waals surface area contributed by atoms with Crippen molar-refractivity contribution in [1.29, 1.82) is 0 Å². The first-order chi connectivity index (χ1) is 12.6. The zero-order chi connectivity index (χ0) is 18.1. The van der Waals surface area contributed by atoms with Gasteiger partial charge < -0.3 is 15.0 Å². The maximum Gasteiger partial charge on any atom is 0.0891 e. The molecule has 0 radical (unpaired) electrons. The molecule has 0 aliphatic heterocycles. The number of benzene rings is 3. The summed E-state index contributed by atoms with van der Waals surface area (Å²) in [7, 11) is 0. The van der Waals surface area contributed by atoms with Gasteiger partial charge in [0, 0.05) is 39.1 Å². The minimum absolute atomic E-state index is 0.460. The van der Waals surface area contributed by atoms with E-state index in [1.165, 1.54) is 10.8 Å². The van der Waals surface area contributed by atoms with Crippen LogP contribution in [0.15, 0.2) is 66.7 Å². The van der Waals surface area contributed by atoms with Crippen LogP contribution in [0.5, 0.6) is 0 Å². The number of fused-ring (bicyclic) bond motifs is 3. The number of aliphatic hydroxyl groups excluding tert-OH is 1. The predicted molar refractivity (Wildman–Crippen MR) is 110 cm³/mol. The fraction of sp³-hybridized carbons (Fsp3) is 0.182. The standard InChI is InChI=1S/C22H21ClN2O/c1-15-19(23)9-6-10-20(15)24-13-16(26)14-25-21-11-4-2-7-17(21)18-8-3-5-12-22(18)25/h2-12,16,24,26H,13-14H2,1H3. The van der Waals surface area contributed by atoms with E-state index in [9.17, 15) is 5.11 Å². The molecule has 0 aliphatic rings. The van der Waals surface area contributed by atoms with Gasteiger partial charge in [-0.15, -0.1) is 0 Å². The highest BCUT2D eigenvalue weighted by Gasteiger charge is 2.13. The second kappa shape index (κ2) is 7.02. The van der Waals surface area contributed by atoms with Crippen LogP contribution in [0.2, 0.25) is 5.02 Å². The van der Waals surface area contributed by atoms with E-state index in [1.54, 1.807) is 0 Å². The Balaban J connectivity index is 1.59. The van der Waals surface area contributed by atoms with E-state index in [4.69, 9.17) is 11.6 Å². The zero-order valence-corrected chi connectivity index (χ0v) is 15.4. The van der Waals surface area contributed by atoms with Gasteiger partial charge in [-0.3, -0.25) is 0 Å². The Labute approximate surface area is 157 Å². The van der Waals surface area contributed by atoms with E-state index in [2.05, 4.69) is 46.3 Å². The lowest BCUT2D eigenvalue weighted by Gasteiger charge is -2.17. The second-order valence-corrected chi connectivity index (χ2v) is 7.00. The van der Waals surface area contributed by atoms with E-state index in [0.717, 1.165) is 27.3 Å². The lowest BCUT2D eigenvalue weighted by atomic mass is 10.2. The third-order valence-electron chi connectivity index (χ3n) is 4.87. The van der Waals surface area contributed by atoms with Gasteiger partial charge >= 0.3 is 0 Å². The van der Waals surface area contributed by atoms with Crippen LogP contribution in [-0.4, -0.2) is 22.3 Å². The molecule has 1 atom stereocenters. The van der Waals surface area contributed by atoms with E-state index in [1.807, 2.05) is 37.3 Å². The molecule has 0 spiro atoms. The Hall–Kier alpha value is -2.49. The lowest BCUT2D eigenvalue weighted by molar-refractivity contribution is 0.169. The minimum atomic E-state index is -0.521. The number of rotatable bonds is 5. The molecular weight excluding hydrogens is 344 g/mol. The van der Waals surface area contributed by atoms with Crippen LogP contribution >= 0.6 is 11.6 Å². The van der Waals surface area contributed by atoms with Crippen LogP contribution < -0.4 is 5.32 Å². The van der Waals surface area contributed by atoms with E-state index in [-0.39, 0.29) is 0 Å². The molecule has 1 unspecified atom stereocenters. The van der Waals surface area contributed by atoms with Gasteiger partial charge in [-0.2, -0.15) is 0 Å². The quantitative estimate of drug-likeness (QED) is 0.508. The molecule has 1 aromatic heterocycles. The van der Waals surface area contributed by atoms with Crippen LogP contribution in [0.1, 0.15) is 5.56 Å². The summed E-state index contributed by atoms with van der Waals surface area (Å²) >= 11 is 6.17. The molecular formula is C22H21ClN2O. The van der Waals surface area contributed by atoms with E-state index in [0.29, 0.717) is 13.1 Å². The number of aromatic nitrogens is 1. The van der Waals surface area contributed by atoms with Crippen molar-refractivity contribution in [2.24, 2.45) is 0 Å². The monoisotopic (exact) mass is 364 g/mol. The summed E-state index contributed by atoms with van der Waals surface area (Å²) < 4.78 is 2.20. The van der Waals surface area contributed by atoms with Gasteiger partial charge in [0.15, 0.2) is 0 Å². The van der Waals surface area contributed by atoms with E-state index >= 15 is 0 Å². The summed E-state index contributed by atoms with van der Waals surface area (Å²) in [6, 6.07) is 22.4. The minimum Gasteiger partial charge on any atom is -0.389 e. The molecule has 3 aromatic carbocycles. The number of anilines is 1. The van der Waals surface area contributed by atoms with Gasteiger partial charge in [0.1, 0.15) is 0 Å². The number of hydrogen-bond donors (Lipinski definition) is 2. The van der Waals surface area contributed by atoms with Crippen molar-refractivity contribution < 1.29 is 5.11 Å². The number of aliphatic hydroxyl groups is 1. The van der Waals surface area contributed by atoms with Gasteiger partial charge in [-0.25, -0.2) is 0 Å². The molecule has 1 heterocycles. The maximum atomic E-state index is 10.6. The molecule has 0 fully saturated rings. The Morgan fingerprint density at radius 3 is 2.19 bits per heavy atom. The summed E-state index contributed by atoms with van der Waals surface area (Å²) in [6.45, 7) is 2.96. The molecule has 0 bridgehead atoms. The SMILES string of the molecule is Cc1c(Cl)cccc1NCC(O)Cn1c2ccccc2c2ccccc21. The van der Waals surface area contributed by atoms with Crippen molar-refractivity contribution >= 4 is 39.1 Å². The largest absolute Gasteiger partial charge is 0.389 e. The lowest BCUT2D eigenvalue weighted by Crippen LogP contribution is -2.25.